The minimum absolute atomic E-state index is 0.0288. The van der Waals surface area contributed by atoms with Crippen LogP contribution in [0.4, 0.5) is 0 Å². The van der Waals surface area contributed by atoms with Crippen LogP contribution in [0.5, 0.6) is 5.75 Å². The third-order valence-electron chi connectivity index (χ3n) is 4.04. The van der Waals surface area contributed by atoms with Gasteiger partial charge in [0.05, 0.1) is 12.0 Å². The van der Waals surface area contributed by atoms with Gasteiger partial charge in [0.15, 0.2) is 5.78 Å². The monoisotopic (exact) mass is 437 g/mol. The van der Waals surface area contributed by atoms with Gasteiger partial charge in [0.25, 0.3) is 0 Å². The first kappa shape index (κ1) is 18.7. The number of allylic oxidation sites excluding steroid dienone is 1. The second-order valence-corrected chi connectivity index (χ2v) is 8.84. The highest BCUT2D eigenvalue weighted by atomic mass is 79.9. The normalized spacial score (nSPS) is 15.6. The Labute approximate surface area is 165 Å². The summed E-state index contributed by atoms with van der Waals surface area (Å²) in [5.41, 5.74) is 2.19. The lowest BCUT2D eigenvalue weighted by atomic mass is 10.1. The number of carbonyl (C=O) groups is 1. The maximum Gasteiger partial charge on any atom is 0.195 e. The fraction of sp³-hybridized carbons (Fsp3) is 0.316. The number of hydrogen-bond acceptors (Lipinski definition) is 5. The number of rotatable bonds is 6. The number of hydrogen-bond donors (Lipinski definition) is 0. The van der Waals surface area contributed by atoms with Crippen molar-refractivity contribution in [3.63, 3.8) is 0 Å². The summed E-state index contributed by atoms with van der Waals surface area (Å²) >= 11 is 6.84. The SMILES string of the molecule is COc1ccc(/C=C/C(=O)c2cc(Br)cs2)cc1CN1CCSCC1. The summed E-state index contributed by atoms with van der Waals surface area (Å²) in [7, 11) is 1.71. The smallest absolute Gasteiger partial charge is 0.195 e. The molecule has 0 unspecified atom stereocenters. The van der Waals surface area contributed by atoms with E-state index in [2.05, 4.69) is 26.9 Å². The van der Waals surface area contributed by atoms with Crippen LogP contribution in [-0.4, -0.2) is 42.4 Å². The van der Waals surface area contributed by atoms with Crippen LogP contribution in [0.25, 0.3) is 6.08 Å². The van der Waals surface area contributed by atoms with Gasteiger partial charge in [-0.05, 0) is 45.8 Å². The number of thioether (sulfide) groups is 1. The number of ether oxygens (including phenoxy) is 1. The van der Waals surface area contributed by atoms with Gasteiger partial charge in [-0.25, -0.2) is 0 Å². The van der Waals surface area contributed by atoms with Crippen molar-refractivity contribution in [2.24, 2.45) is 0 Å². The minimum atomic E-state index is 0.0288. The topological polar surface area (TPSA) is 29.5 Å². The molecule has 1 aliphatic heterocycles. The summed E-state index contributed by atoms with van der Waals surface area (Å²) in [6.07, 6.45) is 3.52. The number of ketones is 1. The highest BCUT2D eigenvalue weighted by molar-refractivity contribution is 9.10. The molecule has 1 saturated heterocycles. The van der Waals surface area contributed by atoms with Crippen LogP contribution in [0.2, 0.25) is 0 Å². The average molecular weight is 438 g/mol. The largest absolute Gasteiger partial charge is 0.496 e. The summed E-state index contributed by atoms with van der Waals surface area (Å²) in [6, 6.07) is 7.95. The Morgan fingerprint density at radius 1 is 1.32 bits per heavy atom. The number of methoxy groups -OCH3 is 1. The molecule has 0 bridgehead atoms. The van der Waals surface area contributed by atoms with Gasteiger partial charge in [0.1, 0.15) is 5.75 Å². The molecule has 2 aromatic rings. The third kappa shape index (κ3) is 5.20. The highest BCUT2D eigenvalue weighted by Crippen LogP contribution is 2.24. The number of nitrogens with zero attached hydrogens (tertiary/aromatic N) is 1. The van der Waals surface area contributed by atoms with Gasteiger partial charge in [-0.2, -0.15) is 11.8 Å². The lowest BCUT2D eigenvalue weighted by molar-refractivity contribution is 0.105. The minimum Gasteiger partial charge on any atom is -0.496 e. The van der Waals surface area contributed by atoms with Gasteiger partial charge < -0.3 is 4.74 Å². The fourth-order valence-corrected chi connectivity index (χ4v) is 5.05. The number of thiophene rings is 1. The number of carbonyl (C=O) groups excluding carboxylic acids is 1. The molecule has 0 aliphatic carbocycles. The van der Waals surface area contributed by atoms with Gasteiger partial charge in [0, 0.05) is 46.6 Å². The van der Waals surface area contributed by atoms with Crippen molar-refractivity contribution in [3.8, 4) is 5.75 Å². The van der Waals surface area contributed by atoms with E-state index in [1.54, 1.807) is 13.2 Å². The first-order chi connectivity index (χ1) is 12.2. The first-order valence-electron chi connectivity index (χ1n) is 8.09. The van der Waals surface area contributed by atoms with Crippen molar-refractivity contribution < 1.29 is 9.53 Å². The Hall–Kier alpha value is -1.08. The zero-order valence-corrected chi connectivity index (χ0v) is 17.3. The molecule has 0 spiro atoms. The molecule has 0 atom stereocenters. The van der Waals surface area contributed by atoms with Crippen molar-refractivity contribution in [2.45, 2.75) is 6.54 Å². The van der Waals surface area contributed by atoms with E-state index in [0.29, 0.717) is 0 Å². The van der Waals surface area contributed by atoms with Gasteiger partial charge in [-0.1, -0.05) is 12.1 Å². The summed E-state index contributed by atoms with van der Waals surface area (Å²) in [6.45, 7) is 3.11. The van der Waals surface area contributed by atoms with Crippen LogP contribution in [-0.2, 0) is 6.54 Å². The van der Waals surface area contributed by atoms with Gasteiger partial charge in [-0.15, -0.1) is 11.3 Å². The number of halogens is 1. The van der Waals surface area contributed by atoms with Crippen molar-refractivity contribution in [2.75, 3.05) is 31.7 Å². The fourth-order valence-electron chi connectivity index (χ4n) is 2.72. The quantitative estimate of drug-likeness (QED) is 0.471. The van der Waals surface area contributed by atoms with E-state index >= 15 is 0 Å². The molecule has 132 valence electrons. The molecule has 0 radical (unpaired) electrons. The Morgan fingerprint density at radius 2 is 2.12 bits per heavy atom. The van der Waals surface area contributed by atoms with Crippen LogP contribution < -0.4 is 4.74 Å². The zero-order valence-electron chi connectivity index (χ0n) is 14.0. The molecular formula is C19H20BrNO2S2. The van der Waals surface area contributed by atoms with Crippen molar-refractivity contribution in [1.82, 2.24) is 4.90 Å². The van der Waals surface area contributed by atoms with Crippen LogP contribution >= 0.6 is 39.0 Å². The molecule has 0 saturated carbocycles. The van der Waals surface area contributed by atoms with Gasteiger partial charge in [-0.3, -0.25) is 9.69 Å². The van der Waals surface area contributed by atoms with E-state index < -0.39 is 0 Å². The van der Waals surface area contributed by atoms with Crippen LogP contribution in [0.1, 0.15) is 20.8 Å². The molecule has 1 aliphatic rings. The second-order valence-electron chi connectivity index (χ2n) is 5.79. The van der Waals surface area contributed by atoms with Crippen LogP contribution in [0, 0.1) is 0 Å². The van der Waals surface area contributed by atoms with E-state index in [4.69, 9.17) is 4.74 Å². The van der Waals surface area contributed by atoms with E-state index in [0.717, 1.165) is 40.3 Å². The van der Waals surface area contributed by atoms with E-state index in [-0.39, 0.29) is 5.78 Å². The van der Waals surface area contributed by atoms with Gasteiger partial charge >= 0.3 is 0 Å². The zero-order chi connectivity index (χ0) is 17.6. The standard InChI is InChI=1S/C19H20BrNO2S2/c1-23-18-5-3-14(2-4-17(22)19-11-16(20)13-25-19)10-15(18)12-21-6-8-24-9-7-21/h2-5,10-11,13H,6-9,12H2,1H3/b4-2+. The van der Waals surface area contributed by atoms with Crippen molar-refractivity contribution in [3.05, 3.63) is 56.2 Å². The summed E-state index contributed by atoms with van der Waals surface area (Å²) in [5.74, 6) is 3.31. The van der Waals surface area contributed by atoms with Gasteiger partial charge in [0.2, 0.25) is 0 Å². The molecule has 25 heavy (non-hydrogen) atoms. The molecule has 1 fully saturated rings. The molecule has 6 heteroatoms. The molecule has 0 amide bonds. The predicted molar refractivity (Wildman–Crippen MR) is 111 cm³/mol. The van der Waals surface area contributed by atoms with Crippen LogP contribution in [0.15, 0.2) is 40.2 Å². The highest BCUT2D eigenvalue weighted by Gasteiger charge is 2.13. The molecular weight excluding hydrogens is 418 g/mol. The van der Waals surface area contributed by atoms with Crippen molar-refractivity contribution in [1.29, 1.82) is 0 Å². The Morgan fingerprint density at radius 3 is 2.80 bits per heavy atom. The summed E-state index contributed by atoms with van der Waals surface area (Å²) < 4.78 is 6.46. The Kier molecular flexibility index (Phi) is 6.76. The van der Waals surface area contributed by atoms with Crippen molar-refractivity contribution >= 4 is 50.9 Å². The molecule has 2 heterocycles. The Bertz CT molecular complexity index is 767. The maximum atomic E-state index is 12.2. The average Bonchev–Trinajstić information content (AvgIpc) is 3.07. The molecule has 3 nitrogen and oxygen atoms in total. The summed E-state index contributed by atoms with van der Waals surface area (Å²) in [5, 5.41) is 1.92. The van der Waals surface area contributed by atoms with E-state index in [9.17, 15) is 4.79 Å². The second kappa shape index (κ2) is 9.03. The third-order valence-corrected chi connectivity index (χ3v) is 6.69. The number of benzene rings is 1. The predicted octanol–water partition coefficient (Wildman–Crippen LogP) is 4.96. The van der Waals surface area contributed by atoms with E-state index in [1.165, 1.54) is 28.4 Å². The van der Waals surface area contributed by atoms with E-state index in [1.807, 2.05) is 41.4 Å². The lowest BCUT2D eigenvalue weighted by Crippen LogP contribution is -2.32. The molecule has 3 rings (SSSR count). The molecule has 0 N–H and O–H groups in total. The lowest BCUT2D eigenvalue weighted by Gasteiger charge is -2.26. The first-order valence-corrected chi connectivity index (χ1v) is 10.9. The maximum absolute atomic E-state index is 12.2. The molecule has 1 aromatic heterocycles. The summed E-state index contributed by atoms with van der Waals surface area (Å²) in [4.78, 5) is 15.4. The Balaban J connectivity index is 1.74. The van der Waals surface area contributed by atoms with Crippen LogP contribution in [0.3, 0.4) is 0 Å². The molecule has 1 aromatic carbocycles.